The van der Waals surface area contributed by atoms with Crippen molar-refractivity contribution in [2.75, 3.05) is 19.6 Å². The summed E-state index contributed by atoms with van der Waals surface area (Å²) in [6.07, 6.45) is 1.60. The summed E-state index contributed by atoms with van der Waals surface area (Å²) >= 11 is 0. The molecule has 0 spiro atoms. The maximum absolute atomic E-state index is 12.6. The van der Waals surface area contributed by atoms with E-state index in [1.54, 1.807) is 0 Å². The van der Waals surface area contributed by atoms with Crippen molar-refractivity contribution in [2.24, 2.45) is 0 Å². The van der Waals surface area contributed by atoms with Crippen LogP contribution < -0.4 is 0 Å². The molecule has 0 aromatic heterocycles. The van der Waals surface area contributed by atoms with Gasteiger partial charge in [0.05, 0.1) is 6.04 Å². The van der Waals surface area contributed by atoms with E-state index in [2.05, 4.69) is 4.90 Å². The Morgan fingerprint density at radius 1 is 1.24 bits per heavy atom. The predicted octanol–water partition coefficient (Wildman–Crippen LogP) is 1.87. The van der Waals surface area contributed by atoms with Crippen LogP contribution in [0.15, 0.2) is 24.3 Å². The van der Waals surface area contributed by atoms with Gasteiger partial charge < -0.3 is 4.90 Å². The van der Waals surface area contributed by atoms with Crippen LogP contribution in [0.2, 0.25) is 0 Å². The van der Waals surface area contributed by atoms with Crippen LogP contribution in [0.25, 0.3) is 0 Å². The fourth-order valence-electron chi connectivity index (χ4n) is 3.37. The molecule has 2 atom stereocenters. The molecule has 2 saturated heterocycles. The number of carbonyl (C=O) groups is 2. The third-order valence-corrected chi connectivity index (χ3v) is 4.79. The van der Waals surface area contributed by atoms with Crippen molar-refractivity contribution in [3.8, 4) is 0 Å². The summed E-state index contributed by atoms with van der Waals surface area (Å²) in [5.74, 6) is 0.449. The molecule has 3 rings (SSSR count). The van der Waals surface area contributed by atoms with Crippen molar-refractivity contribution in [2.45, 2.75) is 38.8 Å². The third kappa shape index (κ3) is 2.72. The molecule has 1 aromatic carbocycles. The predicted molar refractivity (Wildman–Crippen MR) is 81.3 cm³/mol. The van der Waals surface area contributed by atoms with Gasteiger partial charge in [-0.25, -0.2) is 0 Å². The maximum atomic E-state index is 12.6. The van der Waals surface area contributed by atoms with E-state index in [1.807, 2.05) is 43.0 Å². The average Bonchev–Trinajstić information content (AvgIpc) is 2.87. The first-order chi connectivity index (χ1) is 10.1. The maximum Gasteiger partial charge on any atom is 0.222 e. The smallest absolute Gasteiger partial charge is 0.222 e. The van der Waals surface area contributed by atoms with E-state index in [0.717, 1.165) is 37.2 Å². The number of fused-ring (bicyclic) bond motifs is 1. The number of aryl methyl sites for hydroxylation is 1. The molecule has 4 heteroatoms. The van der Waals surface area contributed by atoms with E-state index in [-0.39, 0.29) is 17.7 Å². The Bertz CT molecular complexity index is 552. The van der Waals surface area contributed by atoms with Crippen molar-refractivity contribution in [1.82, 2.24) is 9.80 Å². The van der Waals surface area contributed by atoms with Gasteiger partial charge in [-0.1, -0.05) is 29.8 Å². The summed E-state index contributed by atoms with van der Waals surface area (Å²) < 4.78 is 0. The van der Waals surface area contributed by atoms with Gasteiger partial charge in [-0.2, -0.15) is 0 Å². The fraction of sp³-hybridized carbons (Fsp3) is 0.529. The number of carbonyl (C=O) groups excluding carboxylic acids is 2. The molecule has 1 aromatic rings. The van der Waals surface area contributed by atoms with Crippen LogP contribution in [0.5, 0.6) is 0 Å². The Labute approximate surface area is 125 Å². The Morgan fingerprint density at radius 2 is 1.95 bits per heavy atom. The Hall–Kier alpha value is -1.68. The molecule has 21 heavy (non-hydrogen) atoms. The number of rotatable bonds is 3. The molecular weight excluding hydrogens is 264 g/mol. The summed E-state index contributed by atoms with van der Waals surface area (Å²) in [4.78, 5) is 28.5. The standard InChI is InChI=1S/C17H22N2O2/c1-12-3-5-14(6-4-12)17(21)13(2)18-9-10-19-15(11-18)7-8-16(19)20/h3-6,13,15H,7-11H2,1-2H3. The minimum atomic E-state index is -0.120. The lowest BCUT2D eigenvalue weighted by Crippen LogP contribution is -2.55. The van der Waals surface area contributed by atoms with Crippen LogP contribution in [-0.4, -0.2) is 53.2 Å². The zero-order chi connectivity index (χ0) is 15.0. The van der Waals surface area contributed by atoms with E-state index in [0.29, 0.717) is 12.5 Å². The molecule has 0 saturated carbocycles. The molecule has 0 radical (unpaired) electrons. The molecule has 0 bridgehead atoms. The molecule has 0 N–H and O–H groups in total. The Kier molecular flexibility index (Phi) is 3.81. The number of piperazine rings is 1. The second kappa shape index (κ2) is 5.60. The summed E-state index contributed by atoms with van der Waals surface area (Å²) in [5.41, 5.74) is 1.94. The van der Waals surface area contributed by atoms with Gasteiger partial charge in [-0.05, 0) is 20.3 Å². The molecule has 1 amide bonds. The summed E-state index contributed by atoms with van der Waals surface area (Å²) in [7, 11) is 0. The van der Waals surface area contributed by atoms with E-state index in [9.17, 15) is 9.59 Å². The van der Waals surface area contributed by atoms with Gasteiger partial charge in [-0.15, -0.1) is 0 Å². The zero-order valence-electron chi connectivity index (χ0n) is 12.7. The second-order valence-corrected chi connectivity index (χ2v) is 6.18. The van der Waals surface area contributed by atoms with Crippen LogP contribution >= 0.6 is 0 Å². The van der Waals surface area contributed by atoms with Crippen molar-refractivity contribution < 1.29 is 9.59 Å². The van der Waals surface area contributed by atoms with Crippen molar-refractivity contribution in [3.63, 3.8) is 0 Å². The van der Waals surface area contributed by atoms with Crippen LogP contribution in [0.3, 0.4) is 0 Å². The average molecular weight is 286 g/mol. The lowest BCUT2D eigenvalue weighted by molar-refractivity contribution is -0.130. The highest BCUT2D eigenvalue weighted by atomic mass is 16.2. The Balaban J connectivity index is 1.68. The first-order valence-corrected chi connectivity index (χ1v) is 7.70. The van der Waals surface area contributed by atoms with Crippen molar-refractivity contribution in [3.05, 3.63) is 35.4 Å². The normalized spacial score (nSPS) is 24.0. The minimum absolute atomic E-state index is 0.120. The highest BCUT2D eigenvalue weighted by Crippen LogP contribution is 2.24. The lowest BCUT2D eigenvalue weighted by Gasteiger charge is -2.40. The highest BCUT2D eigenvalue weighted by molar-refractivity contribution is 5.99. The van der Waals surface area contributed by atoms with Crippen LogP contribution in [0, 0.1) is 6.92 Å². The van der Waals surface area contributed by atoms with Gasteiger partial charge in [0.2, 0.25) is 5.91 Å². The molecule has 112 valence electrons. The summed E-state index contributed by atoms with van der Waals surface area (Å²) in [5, 5.41) is 0. The van der Waals surface area contributed by atoms with Gasteiger partial charge in [-0.3, -0.25) is 14.5 Å². The van der Waals surface area contributed by atoms with E-state index in [1.165, 1.54) is 0 Å². The number of nitrogens with zero attached hydrogens (tertiary/aromatic N) is 2. The second-order valence-electron chi connectivity index (χ2n) is 6.18. The van der Waals surface area contributed by atoms with Crippen molar-refractivity contribution >= 4 is 11.7 Å². The fourth-order valence-corrected chi connectivity index (χ4v) is 3.37. The number of amides is 1. The van der Waals surface area contributed by atoms with Gasteiger partial charge in [0.15, 0.2) is 5.78 Å². The monoisotopic (exact) mass is 286 g/mol. The lowest BCUT2D eigenvalue weighted by atomic mass is 10.0. The van der Waals surface area contributed by atoms with Crippen LogP contribution in [0.4, 0.5) is 0 Å². The van der Waals surface area contributed by atoms with E-state index in [4.69, 9.17) is 0 Å². The first kappa shape index (κ1) is 14.3. The number of ketones is 1. The Morgan fingerprint density at radius 3 is 2.67 bits per heavy atom. The van der Waals surface area contributed by atoms with Gasteiger partial charge in [0.25, 0.3) is 0 Å². The summed E-state index contributed by atoms with van der Waals surface area (Å²) in [6, 6.07) is 7.96. The number of Topliss-reactive ketones (excluding diaryl/α,β-unsaturated/α-hetero) is 1. The first-order valence-electron chi connectivity index (χ1n) is 7.70. The van der Waals surface area contributed by atoms with E-state index >= 15 is 0 Å². The molecule has 2 aliphatic heterocycles. The molecule has 2 fully saturated rings. The molecule has 0 aliphatic carbocycles. The largest absolute Gasteiger partial charge is 0.337 e. The third-order valence-electron chi connectivity index (χ3n) is 4.79. The van der Waals surface area contributed by atoms with Gasteiger partial charge in [0, 0.05) is 37.7 Å². The number of hydrogen-bond donors (Lipinski definition) is 0. The quantitative estimate of drug-likeness (QED) is 0.797. The zero-order valence-corrected chi connectivity index (χ0v) is 12.7. The molecule has 4 nitrogen and oxygen atoms in total. The molecule has 2 unspecified atom stereocenters. The number of benzene rings is 1. The highest BCUT2D eigenvalue weighted by Gasteiger charge is 2.37. The molecule has 2 heterocycles. The molecule has 2 aliphatic rings. The van der Waals surface area contributed by atoms with Crippen LogP contribution in [0.1, 0.15) is 35.7 Å². The summed E-state index contributed by atoms with van der Waals surface area (Å²) in [6.45, 7) is 6.38. The van der Waals surface area contributed by atoms with Crippen LogP contribution in [-0.2, 0) is 4.79 Å². The van der Waals surface area contributed by atoms with Gasteiger partial charge >= 0.3 is 0 Å². The van der Waals surface area contributed by atoms with Crippen molar-refractivity contribution in [1.29, 1.82) is 0 Å². The number of hydrogen-bond acceptors (Lipinski definition) is 3. The molecular formula is C17H22N2O2. The topological polar surface area (TPSA) is 40.6 Å². The minimum Gasteiger partial charge on any atom is -0.337 e. The van der Waals surface area contributed by atoms with E-state index < -0.39 is 0 Å². The van der Waals surface area contributed by atoms with Gasteiger partial charge in [0.1, 0.15) is 0 Å². The SMILES string of the molecule is Cc1ccc(C(=O)C(C)N2CCN3C(=O)CCC3C2)cc1.